The highest BCUT2D eigenvalue weighted by Crippen LogP contribution is 2.63. The van der Waals surface area contributed by atoms with E-state index in [4.69, 9.17) is 9.97 Å². The van der Waals surface area contributed by atoms with Gasteiger partial charge in [-0.2, -0.15) is 0 Å². The molecule has 290 valence electrons. The highest BCUT2D eigenvalue weighted by Gasteiger charge is 2.49. The Balaban J connectivity index is 1.07. The van der Waals surface area contributed by atoms with E-state index in [1.54, 1.807) is 16.7 Å². The summed E-state index contributed by atoms with van der Waals surface area (Å²) in [6, 6.07) is 62.9. The second-order valence-electron chi connectivity index (χ2n) is 17.8. The van der Waals surface area contributed by atoms with Gasteiger partial charge in [-0.3, -0.25) is 0 Å². The van der Waals surface area contributed by atoms with Crippen molar-refractivity contribution >= 4 is 0 Å². The molecule has 1 aromatic heterocycles. The van der Waals surface area contributed by atoms with Gasteiger partial charge in [-0.25, -0.2) is 9.97 Å². The summed E-state index contributed by atoms with van der Waals surface area (Å²) in [5, 5.41) is 0. The van der Waals surface area contributed by atoms with Crippen molar-refractivity contribution in [2.24, 2.45) is 0 Å². The van der Waals surface area contributed by atoms with Gasteiger partial charge in [0.25, 0.3) is 0 Å². The van der Waals surface area contributed by atoms with E-state index in [0.717, 1.165) is 45.0 Å². The molecule has 0 N–H and O–H groups in total. The molecule has 0 amide bonds. The van der Waals surface area contributed by atoms with Crippen LogP contribution in [0.3, 0.4) is 0 Å². The topological polar surface area (TPSA) is 25.8 Å². The number of aromatic nitrogens is 2. The van der Waals surface area contributed by atoms with Crippen LogP contribution in [0.1, 0.15) is 86.5 Å². The molecule has 7 aromatic carbocycles. The molecule has 1 heterocycles. The first-order chi connectivity index (χ1) is 29.7. The molecule has 0 radical (unpaired) electrons. The Morgan fingerprint density at radius 2 is 0.700 bits per heavy atom. The predicted octanol–water partition coefficient (Wildman–Crippen LogP) is 15.3. The number of benzene rings is 7. The number of nitrogens with zero attached hydrogens (tertiary/aromatic N) is 2. The van der Waals surface area contributed by atoms with Gasteiger partial charge in [0.2, 0.25) is 0 Å². The van der Waals surface area contributed by atoms with Crippen molar-refractivity contribution in [1.29, 1.82) is 0 Å². The van der Waals surface area contributed by atoms with E-state index >= 15 is 0 Å². The minimum Gasteiger partial charge on any atom is -0.243 e. The molecule has 60 heavy (non-hydrogen) atoms. The average molecular weight is 773 g/mol. The summed E-state index contributed by atoms with van der Waals surface area (Å²) in [6.07, 6.45) is 12.7. The van der Waals surface area contributed by atoms with Crippen molar-refractivity contribution in [1.82, 2.24) is 9.97 Å². The normalized spacial score (nSPS) is 16.6. The molecule has 0 atom stereocenters. The summed E-state index contributed by atoms with van der Waals surface area (Å²) in [6.45, 7) is 0. The summed E-state index contributed by atoms with van der Waals surface area (Å²) >= 11 is 0. The highest BCUT2D eigenvalue weighted by molar-refractivity contribution is 5.97. The third-order valence-corrected chi connectivity index (χ3v) is 14.7. The Morgan fingerprint density at radius 1 is 0.283 bits per heavy atom. The van der Waals surface area contributed by atoms with Crippen LogP contribution in [0.4, 0.5) is 0 Å². The molecule has 4 aliphatic carbocycles. The van der Waals surface area contributed by atoms with E-state index in [9.17, 15) is 0 Å². The molecule has 2 saturated carbocycles. The first-order valence-corrected chi connectivity index (χ1v) is 22.3. The first kappa shape index (κ1) is 35.6. The lowest BCUT2D eigenvalue weighted by atomic mass is 9.66. The van der Waals surface area contributed by atoms with Crippen molar-refractivity contribution in [2.45, 2.75) is 75.0 Å². The van der Waals surface area contributed by atoms with Gasteiger partial charge < -0.3 is 0 Å². The Hall–Kier alpha value is -6.38. The van der Waals surface area contributed by atoms with Gasteiger partial charge in [0.05, 0.1) is 22.8 Å². The molecule has 12 rings (SSSR count). The van der Waals surface area contributed by atoms with Crippen LogP contribution < -0.4 is 0 Å². The minimum absolute atomic E-state index is 0.0483. The van der Waals surface area contributed by atoms with Crippen LogP contribution >= 0.6 is 0 Å². The monoisotopic (exact) mass is 772 g/mol. The lowest BCUT2D eigenvalue weighted by molar-refractivity contribution is 0.350. The molecular formula is C58H48N2. The molecule has 0 aliphatic heterocycles. The fourth-order valence-corrected chi connectivity index (χ4v) is 12.0. The van der Waals surface area contributed by atoms with Crippen LogP contribution in [0.15, 0.2) is 170 Å². The Morgan fingerprint density at radius 3 is 1.30 bits per heavy atom. The number of rotatable bonds is 5. The maximum atomic E-state index is 5.62. The van der Waals surface area contributed by atoms with E-state index in [0.29, 0.717) is 0 Å². The van der Waals surface area contributed by atoms with Crippen molar-refractivity contribution in [3.8, 4) is 78.4 Å². The lowest BCUT2D eigenvalue weighted by Crippen LogP contribution is -2.29. The van der Waals surface area contributed by atoms with Gasteiger partial charge in [0.15, 0.2) is 0 Å². The van der Waals surface area contributed by atoms with Crippen LogP contribution in [0.25, 0.3) is 78.4 Å². The van der Waals surface area contributed by atoms with Crippen molar-refractivity contribution < 1.29 is 0 Å². The Labute approximate surface area is 354 Å². The van der Waals surface area contributed by atoms with Crippen molar-refractivity contribution in [2.75, 3.05) is 0 Å². The van der Waals surface area contributed by atoms with Gasteiger partial charge in [-0.15, -0.1) is 0 Å². The van der Waals surface area contributed by atoms with E-state index in [2.05, 4.69) is 170 Å². The maximum Gasteiger partial charge on any atom is 0.0973 e. The largest absolute Gasteiger partial charge is 0.243 e. The van der Waals surface area contributed by atoms with Crippen molar-refractivity contribution in [3.63, 3.8) is 0 Å². The van der Waals surface area contributed by atoms with E-state index < -0.39 is 0 Å². The van der Waals surface area contributed by atoms with Gasteiger partial charge >= 0.3 is 0 Å². The van der Waals surface area contributed by atoms with Crippen molar-refractivity contribution in [3.05, 3.63) is 192 Å². The second kappa shape index (κ2) is 14.1. The van der Waals surface area contributed by atoms with Gasteiger partial charge in [-0.1, -0.05) is 190 Å². The van der Waals surface area contributed by atoms with E-state index in [1.807, 2.05) is 0 Å². The molecule has 4 aliphatic rings. The quantitative estimate of drug-likeness (QED) is 0.174. The van der Waals surface area contributed by atoms with Crippen LogP contribution in [0, 0.1) is 0 Å². The number of fused-ring (bicyclic) bond motifs is 10. The highest BCUT2D eigenvalue weighted by atomic mass is 14.9. The summed E-state index contributed by atoms with van der Waals surface area (Å²) < 4.78 is 0. The van der Waals surface area contributed by atoms with Gasteiger partial charge in [-0.05, 0) is 99.5 Å². The minimum atomic E-state index is 0.0483. The van der Waals surface area contributed by atoms with Crippen LogP contribution in [0.2, 0.25) is 0 Å². The lowest BCUT2D eigenvalue weighted by Gasteiger charge is -2.37. The standard InChI is InChI=1S/C58H48N2/c1-6-20-39(21-7-1)53-54(40-22-8-2-9-23-40)60-56(55(59-53)41-24-10-3-11-25-41)43-27-18-26-42(36-43)44-29-19-31-49-52(44)47-38-50-46(37-51(47)58(49)34-16-5-17-35-58)45-28-12-13-30-48(45)57(50)32-14-4-15-33-57/h1-3,6-13,18-31,36-38H,4-5,14-17,32-35H2. The summed E-state index contributed by atoms with van der Waals surface area (Å²) in [5.41, 5.74) is 22.7. The summed E-state index contributed by atoms with van der Waals surface area (Å²) in [7, 11) is 0. The SMILES string of the molecule is c1ccc(-c2nc(-c3ccccc3)c(-c3cccc(-c4cccc5c4-c4cc6c(cc4C54CCCCC4)-c4ccccc4C64CCCCC4)c3)nc2-c2ccccc2)cc1. The molecule has 2 nitrogen and oxygen atoms in total. The third-order valence-electron chi connectivity index (χ3n) is 14.7. The average Bonchev–Trinajstić information content (AvgIpc) is 3.74. The van der Waals surface area contributed by atoms with E-state index in [-0.39, 0.29) is 10.8 Å². The molecule has 2 spiro atoms. The Bertz CT molecular complexity index is 2920. The summed E-state index contributed by atoms with van der Waals surface area (Å²) in [5.74, 6) is 0. The zero-order chi connectivity index (χ0) is 39.7. The van der Waals surface area contributed by atoms with Gasteiger partial charge in [0.1, 0.15) is 0 Å². The van der Waals surface area contributed by atoms with E-state index in [1.165, 1.54) is 103 Å². The molecule has 8 aromatic rings. The summed E-state index contributed by atoms with van der Waals surface area (Å²) in [4.78, 5) is 11.2. The number of hydrogen-bond acceptors (Lipinski definition) is 2. The predicted molar refractivity (Wildman–Crippen MR) is 248 cm³/mol. The smallest absolute Gasteiger partial charge is 0.0973 e. The second-order valence-corrected chi connectivity index (χ2v) is 17.8. The number of hydrogen-bond donors (Lipinski definition) is 0. The zero-order valence-electron chi connectivity index (χ0n) is 34.1. The van der Waals surface area contributed by atoms with Crippen LogP contribution in [0.5, 0.6) is 0 Å². The molecule has 0 unspecified atom stereocenters. The molecule has 2 fully saturated rings. The molecule has 0 saturated heterocycles. The molecule has 0 bridgehead atoms. The first-order valence-electron chi connectivity index (χ1n) is 22.3. The molecule has 2 heteroatoms. The maximum absolute atomic E-state index is 5.62. The molecular weight excluding hydrogens is 725 g/mol. The van der Waals surface area contributed by atoms with Gasteiger partial charge in [0, 0.05) is 33.1 Å². The Kier molecular flexibility index (Phi) is 8.37. The van der Waals surface area contributed by atoms with Crippen LogP contribution in [-0.2, 0) is 10.8 Å². The third kappa shape index (κ3) is 5.39. The van der Waals surface area contributed by atoms with Crippen LogP contribution in [-0.4, -0.2) is 9.97 Å². The zero-order valence-corrected chi connectivity index (χ0v) is 34.1. The fourth-order valence-electron chi connectivity index (χ4n) is 12.0. The fraction of sp³-hybridized carbons (Fsp3) is 0.207.